The highest BCUT2D eigenvalue weighted by Crippen LogP contribution is 2.16. The number of aryl methyl sites for hydroxylation is 2. The number of nitrogens with one attached hydrogen (secondary N) is 1. The van der Waals surface area contributed by atoms with Crippen LogP contribution in [0.3, 0.4) is 0 Å². The molecule has 92 valence electrons. The standard InChI is InChI=1S/C13H14N4O/c1-9-3-4-12(11(7-9)8-14)15-6-5-13-16-10(2)17-18-13/h3-4,7,15H,5-6H2,1-2H3. The average Bonchev–Trinajstić information content (AvgIpc) is 2.77. The largest absolute Gasteiger partial charge is 0.383 e. The van der Waals surface area contributed by atoms with Crippen molar-refractivity contribution in [2.45, 2.75) is 20.3 Å². The number of nitrogens with zero attached hydrogens (tertiary/aromatic N) is 3. The van der Waals surface area contributed by atoms with Crippen LogP contribution in [0, 0.1) is 25.2 Å². The van der Waals surface area contributed by atoms with Crippen LogP contribution < -0.4 is 5.32 Å². The average molecular weight is 242 g/mol. The molecule has 1 N–H and O–H groups in total. The van der Waals surface area contributed by atoms with Gasteiger partial charge in [-0.05, 0) is 31.5 Å². The maximum atomic E-state index is 9.03. The Morgan fingerprint density at radius 2 is 2.22 bits per heavy atom. The van der Waals surface area contributed by atoms with Crippen LogP contribution in [0.25, 0.3) is 0 Å². The lowest BCUT2D eigenvalue weighted by atomic mass is 10.1. The zero-order valence-corrected chi connectivity index (χ0v) is 10.4. The van der Waals surface area contributed by atoms with Gasteiger partial charge < -0.3 is 9.84 Å². The Morgan fingerprint density at radius 3 is 2.89 bits per heavy atom. The van der Waals surface area contributed by atoms with Crippen LogP contribution in [0.5, 0.6) is 0 Å². The van der Waals surface area contributed by atoms with Crippen LogP contribution in [-0.2, 0) is 6.42 Å². The van der Waals surface area contributed by atoms with E-state index in [1.807, 2.05) is 25.1 Å². The first-order chi connectivity index (χ1) is 8.69. The minimum atomic E-state index is 0.602. The molecule has 0 aliphatic carbocycles. The van der Waals surface area contributed by atoms with Gasteiger partial charge in [-0.3, -0.25) is 0 Å². The van der Waals surface area contributed by atoms with Gasteiger partial charge in [-0.1, -0.05) is 11.2 Å². The van der Waals surface area contributed by atoms with Crippen LogP contribution >= 0.6 is 0 Å². The Bertz CT molecular complexity index is 583. The number of rotatable bonds is 4. The highest BCUT2D eigenvalue weighted by molar-refractivity contribution is 5.58. The van der Waals surface area contributed by atoms with Crippen LogP contribution in [0.1, 0.15) is 22.8 Å². The zero-order chi connectivity index (χ0) is 13.0. The molecule has 0 unspecified atom stereocenters. The summed E-state index contributed by atoms with van der Waals surface area (Å²) in [4.78, 5) is 4.12. The summed E-state index contributed by atoms with van der Waals surface area (Å²) >= 11 is 0. The quantitative estimate of drug-likeness (QED) is 0.889. The van der Waals surface area contributed by atoms with E-state index in [1.165, 1.54) is 0 Å². The third-order valence-corrected chi connectivity index (χ3v) is 2.52. The Balaban J connectivity index is 1.96. The smallest absolute Gasteiger partial charge is 0.228 e. The molecule has 0 fully saturated rings. The van der Waals surface area contributed by atoms with Crippen molar-refractivity contribution >= 4 is 5.69 Å². The van der Waals surface area contributed by atoms with Gasteiger partial charge in [0, 0.05) is 13.0 Å². The molecule has 2 rings (SSSR count). The van der Waals surface area contributed by atoms with E-state index in [0.29, 0.717) is 30.2 Å². The molecule has 0 bridgehead atoms. The number of hydrogen-bond acceptors (Lipinski definition) is 5. The SMILES string of the molecule is Cc1ccc(NCCc2nc(C)no2)c(C#N)c1. The lowest BCUT2D eigenvalue weighted by Gasteiger charge is -2.07. The number of benzene rings is 1. The Hall–Kier alpha value is -2.35. The van der Waals surface area contributed by atoms with Crippen molar-refractivity contribution in [1.82, 2.24) is 10.1 Å². The topological polar surface area (TPSA) is 74.7 Å². The Kier molecular flexibility index (Phi) is 3.58. The molecule has 0 aliphatic rings. The lowest BCUT2D eigenvalue weighted by Crippen LogP contribution is -2.06. The summed E-state index contributed by atoms with van der Waals surface area (Å²) in [5.41, 5.74) is 2.56. The van der Waals surface area contributed by atoms with E-state index >= 15 is 0 Å². The number of nitriles is 1. The number of aromatic nitrogens is 2. The normalized spacial score (nSPS) is 10.1. The highest BCUT2D eigenvalue weighted by atomic mass is 16.5. The van der Waals surface area contributed by atoms with Crippen molar-refractivity contribution in [1.29, 1.82) is 5.26 Å². The highest BCUT2D eigenvalue weighted by Gasteiger charge is 2.04. The van der Waals surface area contributed by atoms with Crippen molar-refractivity contribution < 1.29 is 4.52 Å². The van der Waals surface area contributed by atoms with E-state index < -0.39 is 0 Å². The second-order valence-electron chi connectivity index (χ2n) is 4.07. The second-order valence-corrected chi connectivity index (χ2v) is 4.07. The van der Waals surface area contributed by atoms with E-state index in [-0.39, 0.29) is 0 Å². The van der Waals surface area contributed by atoms with E-state index in [2.05, 4.69) is 21.5 Å². The first-order valence-electron chi connectivity index (χ1n) is 5.73. The van der Waals surface area contributed by atoms with Gasteiger partial charge in [0.05, 0.1) is 11.3 Å². The van der Waals surface area contributed by atoms with Gasteiger partial charge in [-0.15, -0.1) is 0 Å². The van der Waals surface area contributed by atoms with Crippen molar-refractivity contribution in [2.24, 2.45) is 0 Å². The Morgan fingerprint density at radius 1 is 1.39 bits per heavy atom. The molecule has 0 atom stereocenters. The van der Waals surface area contributed by atoms with Crippen molar-refractivity contribution in [3.8, 4) is 6.07 Å². The fraction of sp³-hybridized carbons (Fsp3) is 0.308. The Labute approximate surface area is 105 Å². The second kappa shape index (κ2) is 5.32. The summed E-state index contributed by atoms with van der Waals surface area (Å²) in [6.45, 7) is 4.40. The summed E-state index contributed by atoms with van der Waals surface area (Å²) in [5, 5.41) is 16.0. The zero-order valence-electron chi connectivity index (χ0n) is 10.4. The summed E-state index contributed by atoms with van der Waals surface area (Å²) in [6.07, 6.45) is 0.638. The molecule has 1 aromatic carbocycles. The predicted molar refractivity (Wildman–Crippen MR) is 67.1 cm³/mol. The maximum Gasteiger partial charge on any atom is 0.228 e. The molecule has 0 saturated heterocycles. The lowest BCUT2D eigenvalue weighted by molar-refractivity contribution is 0.377. The third-order valence-electron chi connectivity index (χ3n) is 2.52. The molecule has 1 aromatic heterocycles. The summed E-state index contributed by atoms with van der Waals surface area (Å²) in [7, 11) is 0. The molecule has 0 spiro atoms. The monoisotopic (exact) mass is 242 g/mol. The van der Waals surface area contributed by atoms with Gasteiger partial charge in [0.1, 0.15) is 6.07 Å². The first-order valence-corrected chi connectivity index (χ1v) is 5.73. The molecule has 0 amide bonds. The van der Waals surface area contributed by atoms with Crippen LogP contribution in [0.2, 0.25) is 0 Å². The number of hydrogen-bond donors (Lipinski definition) is 1. The van der Waals surface area contributed by atoms with Gasteiger partial charge >= 0.3 is 0 Å². The maximum absolute atomic E-state index is 9.03. The third kappa shape index (κ3) is 2.86. The summed E-state index contributed by atoms with van der Waals surface area (Å²) in [6, 6.07) is 7.92. The van der Waals surface area contributed by atoms with Gasteiger partial charge in [-0.2, -0.15) is 10.2 Å². The van der Waals surface area contributed by atoms with E-state index in [0.717, 1.165) is 11.3 Å². The van der Waals surface area contributed by atoms with E-state index in [1.54, 1.807) is 6.92 Å². The van der Waals surface area contributed by atoms with Gasteiger partial charge in [0.2, 0.25) is 5.89 Å². The van der Waals surface area contributed by atoms with E-state index in [9.17, 15) is 0 Å². The number of anilines is 1. The molecular formula is C13H14N4O. The van der Waals surface area contributed by atoms with E-state index in [4.69, 9.17) is 9.78 Å². The molecule has 2 aromatic rings. The van der Waals surface area contributed by atoms with Crippen LogP contribution in [0.15, 0.2) is 22.7 Å². The van der Waals surface area contributed by atoms with Gasteiger partial charge in [-0.25, -0.2) is 0 Å². The van der Waals surface area contributed by atoms with Gasteiger partial charge in [0.25, 0.3) is 0 Å². The van der Waals surface area contributed by atoms with Crippen molar-refractivity contribution in [2.75, 3.05) is 11.9 Å². The molecule has 5 nitrogen and oxygen atoms in total. The van der Waals surface area contributed by atoms with Crippen molar-refractivity contribution in [3.05, 3.63) is 41.0 Å². The first kappa shape index (κ1) is 12.1. The molecule has 0 radical (unpaired) electrons. The fourth-order valence-electron chi connectivity index (χ4n) is 1.65. The summed E-state index contributed by atoms with van der Waals surface area (Å²) in [5.74, 6) is 1.24. The molecule has 0 saturated carbocycles. The minimum absolute atomic E-state index is 0.602. The molecule has 5 heteroatoms. The van der Waals surface area contributed by atoms with Gasteiger partial charge in [0.15, 0.2) is 5.82 Å². The predicted octanol–water partition coefficient (Wildman–Crippen LogP) is 2.21. The van der Waals surface area contributed by atoms with Crippen LogP contribution in [0.4, 0.5) is 5.69 Å². The van der Waals surface area contributed by atoms with Crippen molar-refractivity contribution in [3.63, 3.8) is 0 Å². The molecule has 0 aliphatic heterocycles. The molecular weight excluding hydrogens is 228 g/mol. The fourth-order valence-corrected chi connectivity index (χ4v) is 1.65. The molecule has 18 heavy (non-hydrogen) atoms. The molecule has 1 heterocycles. The summed E-state index contributed by atoms with van der Waals surface area (Å²) < 4.78 is 5.01. The van der Waals surface area contributed by atoms with Crippen LogP contribution in [-0.4, -0.2) is 16.7 Å². The minimum Gasteiger partial charge on any atom is -0.383 e.